The fourth-order valence-electron chi connectivity index (χ4n) is 3.58. The highest BCUT2D eigenvalue weighted by Crippen LogP contribution is 2.21. The van der Waals surface area contributed by atoms with Crippen molar-refractivity contribution in [1.29, 1.82) is 0 Å². The van der Waals surface area contributed by atoms with E-state index >= 15 is 0 Å². The predicted molar refractivity (Wildman–Crippen MR) is 167 cm³/mol. The van der Waals surface area contributed by atoms with Crippen LogP contribution in [0.25, 0.3) is 0 Å². The quantitative estimate of drug-likeness (QED) is 0.138. The minimum Gasteiger partial charge on any atom is -0.369 e. The summed E-state index contributed by atoms with van der Waals surface area (Å²) in [6, 6.07) is 12.5. The van der Waals surface area contributed by atoms with Gasteiger partial charge in [0.2, 0.25) is 23.7 Å². The number of nitrogens with two attached hydrogens (primary N) is 1. The Labute approximate surface area is 252 Å². The summed E-state index contributed by atoms with van der Waals surface area (Å²) in [5, 5.41) is 12.3. The summed E-state index contributed by atoms with van der Waals surface area (Å²) < 4.78 is 0. The summed E-state index contributed by atoms with van der Waals surface area (Å²) >= 11 is 3.22. The van der Waals surface area contributed by atoms with E-state index in [0.29, 0.717) is 40.3 Å². The van der Waals surface area contributed by atoms with Crippen LogP contribution in [0.3, 0.4) is 0 Å². The van der Waals surface area contributed by atoms with Crippen molar-refractivity contribution < 1.29 is 19.2 Å². The Bertz CT molecular complexity index is 1460. The molecule has 0 aliphatic rings. The zero-order valence-electron chi connectivity index (χ0n) is 23.5. The zero-order valence-corrected chi connectivity index (χ0v) is 25.1. The van der Waals surface area contributed by atoms with Crippen molar-refractivity contribution in [1.82, 2.24) is 14.9 Å². The third-order valence-electron chi connectivity index (χ3n) is 6.05. The molecule has 13 heteroatoms. The van der Waals surface area contributed by atoms with Crippen molar-refractivity contribution >= 4 is 68.4 Å². The molecule has 1 aromatic heterocycles. The first-order valence-electron chi connectivity index (χ1n) is 13.1. The van der Waals surface area contributed by atoms with Crippen molar-refractivity contribution in [3.8, 4) is 0 Å². The van der Waals surface area contributed by atoms with Crippen molar-refractivity contribution in [2.45, 2.75) is 26.3 Å². The summed E-state index contributed by atoms with van der Waals surface area (Å²) in [4.78, 5) is 59.6. The lowest BCUT2D eigenvalue weighted by Gasteiger charge is -2.23. The predicted octanol–water partition coefficient (Wildman–Crippen LogP) is 4.13. The van der Waals surface area contributed by atoms with Crippen LogP contribution in [0.5, 0.6) is 0 Å². The van der Waals surface area contributed by atoms with Crippen LogP contribution in [0.1, 0.15) is 41.0 Å². The van der Waals surface area contributed by atoms with Gasteiger partial charge in [0.05, 0.1) is 0 Å². The third-order valence-corrected chi connectivity index (χ3v) is 6.42. The lowest BCUT2D eigenvalue weighted by atomic mass is 10.2. The molecule has 2 aromatic carbocycles. The molecule has 0 saturated heterocycles. The minimum atomic E-state index is -0.728. The van der Waals surface area contributed by atoms with E-state index in [1.54, 1.807) is 68.6 Å². The maximum Gasteiger partial charge on any atom is 0.260 e. The number of primary amides is 1. The molecule has 0 aliphatic carbocycles. The summed E-state index contributed by atoms with van der Waals surface area (Å²) in [7, 11) is 1.55. The Balaban J connectivity index is 1.72. The van der Waals surface area contributed by atoms with Gasteiger partial charge in [-0.25, -0.2) is 4.98 Å². The first-order chi connectivity index (χ1) is 20.1. The van der Waals surface area contributed by atoms with E-state index in [1.165, 1.54) is 17.2 Å². The highest BCUT2D eigenvalue weighted by atomic mass is 79.9. The first kappa shape index (κ1) is 31.7. The number of carbonyl (C=O) groups is 4. The van der Waals surface area contributed by atoms with Crippen LogP contribution in [0.2, 0.25) is 0 Å². The van der Waals surface area contributed by atoms with Gasteiger partial charge in [0.15, 0.2) is 0 Å². The standard InChI is InChI=1S/C29H33BrN8O4/c1-4-15-32-26-23(17-33-29(37-26)36-20-12-10-19(11-13-20)25(31)40)28(42)35-22-8-5-7-21(16-22)34-27(41)18(2)38(3)24(39)9-6-14-30/h5-13,16-18H,4,14-15H2,1-3H3,(H2,31,40)(H,34,41)(H,35,42)(H2,32,33,36,37). The molecule has 0 radical (unpaired) electrons. The molecule has 220 valence electrons. The summed E-state index contributed by atoms with van der Waals surface area (Å²) in [6.07, 6.45) is 5.26. The van der Waals surface area contributed by atoms with Crippen LogP contribution >= 0.6 is 15.9 Å². The van der Waals surface area contributed by atoms with Gasteiger partial charge < -0.3 is 31.9 Å². The maximum absolute atomic E-state index is 13.2. The molecule has 42 heavy (non-hydrogen) atoms. The van der Waals surface area contributed by atoms with Gasteiger partial charge in [0, 0.05) is 47.7 Å². The number of rotatable bonds is 13. The number of nitrogens with one attached hydrogen (secondary N) is 4. The lowest BCUT2D eigenvalue weighted by Crippen LogP contribution is -2.42. The molecule has 1 heterocycles. The average molecular weight is 638 g/mol. The van der Waals surface area contributed by atoms with Crippen LogP contribution in [0, 0.1) is 0 Å². The molecule has 12 nitrogen and oxygen atoms in total. The largest absolute Gasteiger partial charge is 0.369 e. The van der Waals surface area contributed by atoms with E-state index in [1.807, 2.05) is 6.92 Å². The molecule has 0 saturated carbocycles. The molecule has 0 aliphatic heterocycles. The van der Waals surface area contributed by atoms with Gasteiger partial charge in [-0.05, 0) is 61.9 Å². The van der Waals surface area contributed by atoms with Crippen LogP contribution in [-0.2, 0) is 9.59 Å². The fraction of sp³-hybridized carbons (Fsp3) is 0.241. The van der Waals surface area contributed by atoms with Crippen LogP contribution in [-0.4, -0.2) is 63.5 Å². The molecule has 4 amide bonds. The number of aromatic nitrogens is 2. The van der Waals surface area contributed by atoms with E-state index < -0.39 is 17.9 Å². The van der Waals surface area contributed by atoms with Gasteiger partial charge in [0.25, 0.3) is 5.91 Å². The first-order valence-corrected chi connectivity index (χ1v) is 14.2. The molecule has 0 spiro atoms. The Morgan fingerprint density at radius 1 is 1.05 bits per heavy atom. The molecule has 1 unspecified atom stereocenters. The van der Waals surface area contributed by atoms with Gasteiger partial charge in [0.1, 0.15) is 17.4 Å². The summed E-state index contributed by atoms with van der Waals surface area (Å²) in [5.74, 6) is -1.07. The number of allylic oxidation sites excluding steroid dienone is 1. The lowest BCUT2D eigenvalue weighted by molar-refractivity contribution is -0.132. The van der Waals surface area contributed by atoms with Crippen LogP contribution in [0.4, 0.5) is 28.8 Å². The number of alkyl halides is 1. The van der Waals surface area contributed by atoms with Gasteiger partial charge in [-0.3, -0.25) is 19.2 Å². The Kier molecular flexibility index (Phi) is 11.6. The van der Waals surface area contributed by atoms with Crippen molar-refractivity contribution in [2.75, 3.05) is 40.2 Å². The second-order valence-electron chi connectivity index (χ2n) is 9.16. The minimum absolute atomic E-state index is 0.220. The molecule has 0 fully saturated rings. The number of carbonyl (C=O) groups excluding carboxylic acids is 4. The SMILES string of the molecule is CCCNc1nc(Nc2ccc(C(N)=O)cc2)ncc1C(=O)Nc1cccc(NC(=O)C(C)N(C)C(=O)C=CCBr)c1. The van der Waals surface area contributed by atoms with E-state index in [0.717, 1.165) is 6.42 Å². The van der Waals surface area contributed by atoms with E-state index in [4.69, 9.17) is 5.73 Å². The van der Waals surface area contributed by atoms with Gasteiger partial charge >= 0.3 is 0 Å². The number of benzene rings is 2. The van der Waals surface area contributed by atoms with E-state index in [2.05, 4.69) is 47.2 Å². The molecule has 3 aromatic rings. The topological polar surface area (TPSA) is 171 Å². The third kappa shape index (κ3) is 8.86. The Hall–Kier alpha value is -4.78. The second-order valence-corrected chi connectivity index (χ2v) is 9.80. The molecule has 3 rings (SSSR count). The van der Waals surface area contributed by atoms with Crippen molar-refractivity contribution in [2.24, 2.45) is 5.73 Å². The van der Waals surface area contributed by atoms with E-state index in [-0.39, 0.29) is 23.3 Å². The monoisotopic (exact) mass is 636 g/mol. The number of nitrogens with zero attached hydrogens (tertiary/aromatic N) is 3. The summed E-state index contributed by atoms with van der Waals surface area (Å²) in [5.41, 5.74) is 7.41. The summed E-state index contributed by atoms with van der Waals surface area (Å²) in [6.45, 7) is 4.19. The smallest absolute Gasteiger partial charge is 0.260 e. The van der Waals surface area contributed by atoms with Gasteiger partial charge in [-0.2, -0.15) is 4.98 Å². The van der Waals surface area contributed by atoms with Crippen molar-refractivity contribution in [3.63, 3.8) is 0 Å². The number of anilines is 5. The highest BCUT2D eigenvalue weighted by molar-refractivity contribution is 9.09. The number of halogens is 1. The molecule has 6 N–H and O–H groups in total. The fourth-order valence-corrected chi connectivity index (χ4v) is 3.77. The number of amides is 4. The van der Waals surface area contributed by atoms with Gasteiger partial charge in [-0.15, -0.1) is 0 Å². The Morgan fingerprint density at radius 2 is 1.74 bits per heavy atom. The molecule has 1 atom stereocenters. The average Bonchev–Trinajstić information content (AvgIpc) is 2.98. The van der Waals surface area contributed by atoms with Gasteiger partial charge in [-0.1, -0.05) is 35.0 Å². The number of hydrogen-bond donors (Lipinski definition) is 5. The van der Waals surface area contributed by atoms with Crippen LogP contribution < -0.4 is 27.0 Å². The second kappa shape index (κ2) is 15.3. The normalized spacial score (nSPS) is 11.4. The molecular weight excluding hydrogens is 604 g/mol. The number of hydrogen-bond acceptors (Lipinski definition) is 8. The maximum atomic E-state index is 13.2. The highest BCUT2D eigenvalue weighted by Gasteiger charge is 2.21. The number of likely N-dealkylation sites (N-methyl/N-ethyl adjacent to an activating group) is 1. The molecular formula is C29H33BrN8O4. The van der Waals surface area contributed by atoms with Crippen molar-refractivity contribution in [3.05, 3.63) is 78.0 Å². The Morgan fingerprint density at radius 3 is 2.38 bits per heavy atom. The van der Waals surface area contributed by atoms with Crippen LogP contribution in [0.15, 0.2) is 66.9 Å². The molecule has 0 bridgehead atoms. The van der Waals surface area contributed by atoms with E-state index in [9.17, 15) is 19.2 Å². The zero-order chi connectivity index (χ0) is 30.6.